The SMILES string of the molecule is CC(C#N)CNC(C)CCCC(F)(F)F. The molecule has 0 aromatic carbocycles. The third kappa shape index (κ3) is 9.54. The summed E-state index contributed by atoms with van der Waals surface area (Å²) in [5.41, 5.74) is 0. The standard InChI is InChI=1S/C10H17F3N2/c1-8(6-14)7-15-9(2)4-3-5-10(11,12)13/h8-9,15H,3-5,7H2,1-2H3. The number of nitriles is 1. The van der Waals surface area contributed by atoms with Crippen LogP contribution >= 0.6 is 0 Å². The van der Waals surface area contributed by atoms with E-state index in [0.717, 1.165) is 0 Å². The lowest BCUT2D eigenvalue weighted by Gasteiger charge is -2.14. The molecule has 0 saturated heterocycles. The first kappa shape index (κ1) is 14.2. The quantitative estimate of drug-likeness (QED) is 0.750. The molecule has 0 bridgehead atoms. The average molecular weight is 222 g/mol. The van der Waals surface area contributed by atoms with E-state index in [4.69, 9.17) is 5.26 Å². The lowest BCUT2D eigenvalue weighted by Crippen LogP contribution is -2.30. The maximum Gasteiger partial charge on any atom is 0.389 e. The van der Waals surface area contributed by atoms with E-state index in [1.165, 1.54) is 0 Å². The zero-order valence-electron chi connectivity index (χ0n) is 9.06. The molecule has 0 aliphatic carbocycles. The Bertz CT molecular complexity index is 208. The van der Waals surface area contributed by atoms with Crippen molar-refractivity contribution in [1.29, 1.82) is 5.26 Å². The van der Waals surface area contributed by atoms with Crippen LogP contribution in [0.2, 0.25) is 0 Å². The van der Waals surface area contributed by atoms with Crippen molar-refractivity contribution in [1.82, 2.24) is 5.32 Å². The van der Waals surface area contributed by atoms with Crippen LogP contribution in [-0.4, -0.2) is 18.8 Å². The molecule has 5 heteroatoms. The van der Waals surface area contributed by atoms with Crippen molar-refractivity contribution in [2.24, 2.45) is 5.92 Å². The van der Waals surface area contributed by atoms with Gasteiger partial charge in [0.25, 0.3) is 0 Å². The second-order valence-electron chi connectivity index (χ2n) is 3.85. The van der Waals surface area contributed by atoms with Crippen molar-refractivity contribution in [2.75, 3.05) is 6.54 Å². The van der Waals surface area contributed by atoms with Crippen LogP contribution in [0.25, 0.3) is 0 Å². The Morgan fingerprint density at radius 1 is 1.33 bits per heavy atom. The summed E-state index contributed by atoms with van der Waals surface area (Å²) < 4.78 is 35.4. The van der Waals surface area contributed by atoms with Crippen LogP contribution in [0.1, 0.15) is 33.1 Å². The number of nitrogens with one attached hydrogen (secondary N) is 1. The Hall–Kier alpha value is -0.760. The Balaban J connectivity index is 3.50. The predicted molar refractivity (Wildman–Crippen MR) is 52.1 cm³/mol. The largest absolute Gasteiger partial charge is 0.389 e. The minimum Gasteiger partial charge on any atom is -0.313 e. The van der Waals surface area contributed by atoms with Crippen LogP contribution < -0.4 is 5.32 Å². The summed E-state index contributed by atoms with van der Waals surface area (Å²) in [6, 6.07) is 2.09. The Morgan fingerprint density at radius 3 is 2.40 bits per heavy atom. The first-order chi connectivity index (χ1) is 6.85. The van der Waals surface area contributed by atoms with E-state index in [1.807, 2.05) is 6.92 Å². The highest BCUT2D eigenvalue weighted by molar-refractivity contribution is 4.81. The van der Waals surface area contributed by atoms with E-state index in [0.29, 0.717) is 13.0 Å². The third-order valence-corrected chi connectivity index (χ3v) is 2.09. The number of hydrogen-bond acceptors (Lipinski definition) is 2. The van der Waals surface area contributed by atoms with Crippen LogP contribution in [0, 0.1) is 17.2 Å². The normalized spacial score (nSPS) is 15.7. The zero-order chi connectivity index (χ0) is 11.9. The monoisotopic (exact) mass is 222 g/mol. The van der Waals surface area contributed by atoms with Gasteiger partial charge in [0, 0.05) is 19.0 Å². The number of nitrogens with zero attached hydrogens (tertiary/aromatic N) is 1. The van der Waals surface area contributed by atoms with Gasteiger partial charge in [-0.15, -0.1) is 0 Å². The summed E-state index contributed by atoms with van der Waals surface area (Å²) in [5, 5.41) is 11.5. The molecule has 0 aromatic heterocycles. The molecule has 0 radical (unpaired) electrons. The molecule has 2 atom stereocenters. The number of rotatable bonds is 6. The summed E-state index contributed by atoms with van der Waals surface area (Å²) in [4.78, 5) is 0. The molecule has 0 rings (SSSR count). The van der Waals surface area contributed by atoms with Crippen molar-refractivity contribution in [2.45, 2.75) is 45.3 Å². The molecule has 0 fully saturated rings. The van der Waals surface area contributed by atoms with Gasteiger partial charge >= 0.3 is 6.18 Å². The number of alkyl halides is 3. The topological polar surface area (TPSA) is 35.8 Å². The third-order valence-electron chi connectivity index (χ3n) is 2.09. The van der Waals surface area contributed by atoms with Crippen molar-refractivity contribution in [3.8, 4) is 6.07 Å². The van der Waals surface area contributed by atoms with Gasteiger partial charge in [-0.25, -0.2) is 0 Å². The van der Waals surface area contributed by atoms with Gasteiger partial charge in [0.1, 0.15) is 0 Å². The van der Waals surface area contributed by atoms with E-state index in [-0.39, 0.29) is 18.4 Å². The maximum absolute atomic E-state index is 11.8. The lowest BCUT2D eigenvalue weighted by molar-refractivity contribution is -0.135. The fourth-order valence-corrected chi connectivity index (χ4v) is 1.13. The highest BCUT2D eigenvalue weighted by Gasteiger charge is 2.26. The molecule has 0 amide bonds. The van der Waals surface area contributed by atoms with Gasteiger partial charge in [-0.3, -0.25) is 0 Å². The summed E-state index contributed by atoms with van der Waals surface area (Å²) in [6.07, 6.45) is -4.16. The first-order valence-electron chi connectivity index (χ1n) is 5.05. The maximum atomic E-state index is 11.8. The summed E-state index contributed by atoms with van der Waals surface area (Å²) >= 11 is 0. The van der Waals surface area contributed by atoms with Gasteiger partial charge < -0.3 is 5.32 Å². The van der Waals surface area contributed by atoms with Crippen LogP contribution in [0.15, 0.2) is 0 Å². The molecule has 2 nitrogen and oxygen atoms in total. The smallest absolute Gasteiger partial charge is 0.313 e. The number of halogens is 3. The molecule has 2 unspecified atom stereocenters. The molecule has 88 valence electrons. The van der Waals surface area contributed by atoms with E-state index >= 15 is 0 Å². The fraction of sp³-hybridized carbons (Fsp3) is 0.900. The Morgan fingerprint density at radius 2 is 1.93 bits per heavy atom. The minimum absolute atomic E-state index is 0.0307. The Kier molecular flexibility index (Phi) is 6.34. The van der Waals surface area contributed by atoms with Gasteiger partial charge in [0.05, 0.1) is 12.0 Å². The summed E-state index contributed by atoms with van der Waals surface area (Å²) in [5.74, 6) is -0.102. The molecular formula is C10H17F3N2. The Labute approximate surface area is 88.5 Å². The van der Waals surface area contributed by atoms with Crippen LogP contribution in [0.3, 0.4) is 0 Å². The predicted octanol–water partition coefficient (Wildman–Crippen LogP) is 2.86. The highest BCUT2D eigenvalue weighted by atomic mass is 19.4. The summed E-state index contributed by atoms with van der Waals surface area (Å²) in [7, 11) is 0. The van der Waals surface area contributed by atoms with E-state index in [9.17, 15) is 13.2 Å². The zero-order valence-corrected chi connectivity index (χ0v) is 9.06. The second kappa shape index (κ2) is 6.67. The fourth-order valence-electron chi connectivity index (χ4n) is 1.13. The van der Waals surface area contributed by atoms with E-state index < -0.39 is 12.6 Å². The van der Waals surface area contributed by atoms with Crippen molar-refractivity contribution in [3.63, 3.8) is 0 Å². The lowest BCUT2D eigenvalue weighted by atomic mass is 10.1. The minimum atomic E-state index is -4.06. The number of hydrogen-bond donors (Lipinski definition) is 1. The molecule has 0 aromatic rings. The van der Waals surface area contributed by atoms with Gasteiger partial charge in [-0.2, -0.15) is 18.4 Å². The molecule has 15 heavy (non-hydrogen) atoms. The highest BCUT2D eigenvalue weighted by Crippen LogP contribution is 2.22. The van der Waals surface area contributed by atoms with Crippen molar-refractivity contribution in [3.05, 3.63) is 0 Å². The van der Waals surface area contributed by atoms with Gasteiger partial charge in [0.15, 0.2) is 0 Å². The first-order valence-corrected chi connectivity index (χ1v) is 5.05. The van der Waals surface area contributed by atoms with Crippen LogP contribution in [-0.2, 0) is 0 Å². The van der Waals surface area contributed by atoms with E-state index in [2.05, 4.69) is 11.4 Å². The van der Waals surface area contributed by atoms with Crippen molar-refractivity contribution >= 4 is 0 Å². The van der Waals surface area contributed by atoms with Gasteiger partial charge in [-0.1, -0.05) is 0 Å². The molecule has 0 saturated carbocycles. The van der Waals surface area contributed by atoms with Gasteiger partial charge in [0.2, 0.25) is 0 Å². The average Bonchev–Trinajstić information content (AvgIpc) is 2.12. The van der Waals surface area contributed by atoms with Crippen molar-refractivity contribution < 1.29 is 13.2 Å². The van der Waals surface area contributed by atoms with Crippen LogP contribution in [0.4, 0.5) is 13.2 Å². The molecule has 1 N–H and O–H groups in total. The van der Waals surface area contributed by atoms with Crippen LogP contribution in [0.5, 0.6) is 0 Å². The second-order valence-corrected chi connectivity index (χ2v) is 3.85. The van der Waals surface area contributed by atoms with E-state index in [1.54, 1.807) is 6.92 Å². The van der Waals surface area contributed by atoms with Gasteiger partial charge in [-0.05, 0) is 26.7 Å². The molecule has 0 spiro atoms. The molecular weight excluding hydrogens is 205 g/mol. The molecule has 0 heterocycles. The molecule has 0 aliphatic heterocycles. The molecule has 0 aliphatic rings. The summed E-state index contributed by atoms with van der Waals surface area (Å²) in [6.45, 7) is 4.14.